The summed E-state index contributed by atoms with van der Waals surface area (Å²) in [5, 5.41) is 7.40. The van der Waals surface area contributed by atoms with E-state index < -0.39 is 0 Å². The minimum Gasteiger partial charge on any atom is -0.208 e. The van der Waals surface area contributed by atoms with E-state index in [2.05, 4.69) is 127 Å². The normalized spacial score (nSPS) is 11.6. The summed E-state index contributed by atoms with van der Waals surface area (Å²) in [6.07, 6.45) is 0. The number of benzene rings is 7. The summed E-state index contributed by atoms with van der Waals surface area (Å²) in [6, 6.07) is 53.1. The van der Waals surface area contributed by atoms with Gasteiger partial charge in [-0.25, -0.2) is 15.0 Å². The van der Waals surface area contributed by atoms with E-state index in [9.17, 15) is 0 Å². The summed E-state index contributed by atoms with van der Waals surface area (Å²) >= 11 is 1.87. The monoisotopic (exact) mass is 591 g/mol. The van der Waals surface area contributed by atoms with E-state index in [0.29, 0.717) is 17.5 Å². The molecule has 0 aliphatic carbocycles. The molecule has 3 nitrogen and oxygen atoms in total. The molecule has 0 saturated carbocycles. The fourth-order valence-corrected chi connectivity index (χ4v) is 7.64. The van der Waals surface area contributed by atoms with Crippen LogP contribution in [0.5, 0.6) is 0 Å². The maximum Gasteiger partial charge on any atom is 0.164 e. The summed E-state index contributed by atoms with van der Waals surface area (Å²) < 4.78 is 2.62. The second-order valence-electron chi connectivity index (χ2n) is 11.2. The predicted molar refractivity (Wildman–Crippen MR) is 189 cm³/mol. The second-order valence-corrected chi connectivity index (χ2v) is 12.3. The van der Waals surface area contributed by atoms with Crippen LogP contribution in [0.25, 0.3) is 87.0 Å². The van der Waals surface area contributed by atoms with Crippen LogP contribution in [0.4, 0.5) is 0 Å². The van der Waals surface area contributed by atoms with Gasteiger partial charge in [0.05, 0.1) is 0 Å². The molecule has 9 aromatic rings. The zero-order valence-corrected chi connectivity index (χ0v) is 25.0. The molecular weight excluding hydrogens is 567 g/mol. The van der Waals surface area contributed by atoms with Crippen molar-refractivity contribution < 1.29 is 0 Å². The van der Waals surface area contributed by atoms with Crippen LogP contribution in [0.3, 0.4) is 0 Å². The van der Waals surface area contributed by atoms with Crippen molar-refractivity contribution in [2.45, 2.75) is 0 Å². The molecule has 0 unspecified atom stereocenters. The number of fused-ring (bicyclic) bond motifs is 7. The van der Waals surface area contributed by atoms with Gasteiger partial charge in [-0.2, -0.15) is 0 Å². The molecule has 45 heavy (non-hydrogen) atoms. The Kier molecular flexibility index (Phi) is 6.00. The maximum atomic E-state index is 5.17. The zero-order chi connectivity index (χ0) is 29.7. The largest absolute Gasteiger partial charge is 0.208 e. The second kappa shape index (κ2) is 10.5. The third-order valence-electron chi connectivity index (χ3n) is 8.50. The van der Waals surface area contributed by atoms with Crippen LogP contribution in [0.15, 0.2) is 152 Å². The van der Waals surface area contributed by atoms with Gasteiger partial charge < -0.3 is 0 Å². The van der Waals surface area contributed by atoms with E-state index in [1.165, 1.54) is 36.3 Å². The summed E-state index contributed by atoms with van der Waals surface area (Å²) in [7, 11) is 0. The highest BCUT2D eigenvalue weighted by atomic mass is 32.1. The van der Waals surface area contributed by atoms with Crippen molar-refractivity contribution in [2.24, 2.45) is 0 Å². The predicted octanol–water partition coefficient (Wildman–Crippen LogP) is 11.2. The Morgan fingerprint density at radius 3 is 1.78 bits per heavy atom. The van der Waals surface area contributed by atoms with Gasteiger partial charge in [0, 0.05) is 42.2 Å². The molecule has 2 aromatic heterocycles. The molecular formula is C41H25N3S. The summed E-state index contributed by atoms with van der Waals surface area (Å²) in [5.41, 5.74) is 5.19. The van der Waals surface area contributed by atoms with Crippen molar-refractivity contribution in [3.05, 3.63) is 152 Å². The van der Waals surface area contributed by atoms with E-state index >= 15 is 0 Å². The third kappa shape index (κ3) is 4.38. The van der Waals surface area contributed by atoms with Gasteiger partial charge in [0.1, 0.15) is 0 Å². The van der Waals surface area contributed by atoms with Gasteiger partial charge in [-0.3, -0.25) is 0 Å². The Bertz CT molecular complexity index is 2540. The van der Waals surface area contributed by atoms with Gasteiger partial charge in [-0.1, -0.05) is 133 Å². The molecule has 0 fully saturated rings. The van der Waals surface area contributed by atoms with Crippen molar-refractivity contribution in [2.75, 3.05) is 0 Å². The summed E-state index contributed by atoms with van der Waals surface area (Å²) in [5.74, 6) is 1.98. The SMILES string of the molecule is c1ccc(-c2cccc(-c3nc(-c4ccccc4)nc(-c4cc5ccc6c7ccccc7sc6c5c5ccccc45)n3)c2)cc1. The van der Waals surface area contributed by atoms with Crippen molar-refractivity contribution in [1.29, 1.82) is 0 Å². The molecule has 2 heterocycles. The molecule has 9 rings (SSSR count). The van der Waals surface area contributed by atoms with E-state index in [1.807, 2.05) is 35.6 Å². The van der Waals surface area contributed by atoms with Crippen LogP contribution < -0.4 is 0 Å². The number of nitrogens with zero attached hydrogens (tertiary/aromatic N) is 3. The summed E-state index contributed by atoms with van der Waals surface area (Å²) in [4.78, 5) is 15.3. The molecule has 4 heteroatoms. The van der Waals surface area contributed by atoms with Crippen molar-refractivity contribution in [1.82, 2.24) is 15.0 Å². The van der Waals surface area contributed by atoms with Crippen LogP contribution >= 0.6 is 11.3 Å². The minimum atomic E-state index is 0.653. The lowest BCUT2D eigenvalue weighted by Gasteiger charge is -2.13. The van der Waals surface area contributed by atoms with Crippen LogP contribution in [0, 0.1) is 0 Å². The minimum absolute atomic E-state index is 0.653. The molecule has 0 aliphatic heterocycles. The Hall–Kier alpha value is -5.71. The molecule has 0 bridgehead atoms. The first-order chi connectivity index (χ1) is 22.3. The highest BCUT2D eigenvalue weighted by Crippen LogP contribution is 2.43. The van der Waals surface area contributed by atoms with Crippen molar-refractivity contribution in [3.63, 3.8) is 0 Å². The van der Waals surface area contributed by atoms with Gasteiger partial charge in [0.2, 0.25) is 0 Å². The van der Waals surface area contributed by atoms with E-state index in [-0.39, 0.29) is 0 Å². The van der Waals surface area contributed by atoms with Gasteiger partial charge in [-0.05, 0) is 45.5 Å². The Labute approximate surface area is 264 Å². The van der Waals surface area contributed by atoms with E-state index in [1.54, 1.807) is 0 Å². The van der Waals surface area contributed by atoms with Gasteiger partial charge in [0.25, 0.3) is 0 Å². The van der Waals surface area contributed by atoms with Gasteiger partial charge in [0.15, 0.2) is 17.5 Å². The lowest BCUT2D eigenvalue weighted by Crippen LogP contribution is -2.01. The fourth-order valence-electron chi connectivity index (χ4n) is 6.37. The molecule has 210 valence electrons. The third-order valence-corrected chi connectivity index (χ3v) is 9.71. The first kappa shape index (κ1) is 25.8. The van der Waals surface area contributed by atoms with Crippen molar-refractivity contribution in [3.8, 4) is 45.3 Å². The smallest absolute Gasteiger partial charge is 0.164 e. The van der Waals surface area contributed by atoms with Gasteiger partial charge in [-0.15, -0.1) is 11.3 Å². The Morgan fingerprint density at radius 2 is 0.978 bits per heavy atom. The molecule has 0 saturated heterocycles. The number of thiophene rings is 1. The molecule has 0 amide bonds. The summed E-state index contributed by atoms with van der Waals surface area (Å²) in [6.45, 7) is 0. The number of aromatic nitrogens is 3. The van der Waals surface area contributed by atoms with E-state index in [4.69, 9.17) is 15.0 Å². The number of hydrogen-bond acceptors (Lipinski definition) is 4. The molecule has 7 aromatic carbocycles. The van der Waals surface area contributed by atoms with Crippen LogP contribution in [0.1, 0.15) is 0 Å². The molecule has 0 spiro atoms. The van der Waals surface area contributed by atoms with Crippen LogP contribution in [-0.4, -0.2) is 15.0 Å². The lowest BCUT2D eigenvalue weighted by atomic mass is 9.95. The van der Waals surface area contributed by atoms with Crippen LogP contribution in [0.2, 0.25) is 0 Å². The average molecular weight is 592 g/mol. The fraction of sp³-hybridized carbons (Fsp3) is 0. The molecule has 0 aliphatic rings. The molecule has 0 radical (unpaired) electrons. The zero-order valence-electron chi connectivity index (χ0n) is 24.2. The Morgan fingerprint density at radius 1 is 0.378 bits per heavy atom. The first-order valence-electron chi connectivity index (χ1n) is 15.0. The van der Waals surface area contributed by atoms with Crippen LogP contribution in [-0.2, 0) is 0 Å². The Balaban J connectivity index is 1.31. The average Bonchev–Trinajstić information content (AvgIpc) is 3.51. The lowest BCUT2D eigenvalue weighted by molar-refractivity contribution is 1.08. The highest BCUT2D eigenvalue weighted by molar-refractivity contribution is 7.26. The first-order valence-corrected chi connectivity index (χ1v) is 15.9. The standard InChI is InChI=1S/C41H25N3S/c1-3-12-26(13-4-1)28-16-11-17-30(24-28)40-42-39(27-14-5-2-6-15-27)43-41(44-40)35-25-29-22-23-34-32-19-9-10-21-36(32)45-38(34)37(29)33-20-8-7-18-31(33)35/h1-25H. The number of rotatable bonds is 4. The van der Waals surface area contributed by atoms with Crippen molar-refractivity contribution >= 4 is 53.1 Å². The maximum absolute atomic E-state index is 5.17. The van der Waals surface area contributed by atoms with E-state index in [0.717, 1.165) is 33.2 Å². The topological polar surface area (TPSA) is 38.7 Å². The molecule has 0 N–H and O–H groups in total. The van der Waals surface area contributed by atoms with Gasteiger partial charge >= 0.3 is 0 Å². The molecule has 0 atom stereocenters. The number of hydrogen-bond donors (Lipinski definition) is 0. The quantitative estimate of drug-likeness (QED) is 0.191. The highest BCUT2D eigenvalue weighted by Gasteiger charge is 2.18.